The van der Waals surface area contributed by atoms with Crippen LogP contribution >= 0.6 is 0 Å². The third kappa shape index (κ3) is 4.76. The van der Waals surface area contributed by atoms with E-state index in [0.29, 0.717) is 0 Å². The Morgan fingerprint density at radius 3 is 0.850 bits per heavy atom. The van der Waals surface area contributed by atoms with E-state index in [0.717, 1.165) is 11.0 Å². The van der Waals surface area contributed by atoms with Gasteiger partial charge >= 0.3 is 0 Å². The van der Waals surface area contributed by atoms with Crippen LogP contribution in [0.3, 0.4) is 0 Å². The highest BCUT2D eigenvalue weighted by molar-refractivity contribution is 7.14. The predicted octanol–water partition coefficient (Wildman–Crippen LogP) is 3.65. The largest absolute Gasteiger partial charge is 0.355 e. The molecule has 0 saturated carbocycles. The molecule has 0 saturated heterocycles. The van der Waals surface area contributed by atoms with E-state index >= 15 is 0 Å². The van der Waals surface area contributed by atoms with Gasteiger partial charge in [0.05, 0.1) is 0 Å². The first-order chi connectivity index (χ1) is 29.8. The first kappa shape index (κ1) is 33.8. The molecule has 274 valence electrons. The molecule has 2 aliphatic heterocycles. The monoisotopic (exact) mass is 756 g/mol. The molecule has 4 heterocycles. The van der Waals surface area contributed by atoms with Gasteiger partial charge in [0.1, 0.15) is 0 Å². The van der Waals surface area contributed by atoms with Crippen molar-refractivity contribution in [2.75, 3.05) is 0 Å². The summed E-state index contributed by atoms with van der Waals surface area (Å²) in [5, 5.41) is 5.10. The topological polar surface area (TPSA) is 31.6 Å². The lowest BCUT2D eigenvalue weighted by atomic mass is 9.20. The van der Waals surface area contributed by atoms with Crippen LogP contribution in [-0.4, -0.2) is 36.8 Å². The highest BCUT2D eigenvalue weighted by atomic mass is 14.7. The van der Waals surface area contributed by atoms with E-state index in [1.54, 1.807) is 0 Å². The first-order valence-electron chi connectivity index (χ1n) is 21.2. The molecule has 0 spiro atoms. The number of hydrogen-bond acceptors (Lipinski definition) is 0. The molecule has 0 radical (unpaired) electrons. The molecule has 6 heteroatoms. The van der Waals surface area contributed by atoms with Crippen LogP contribution < -0.4 is 65.6 Å². The van der Waals surface area contributed by atoms with Crippen molar-refractivity contribution in [1.82, 2.24) is 9.97 Å². The number of rotatable bonds is 4. The summed E-state index contributed by atoms with van der Waals surface area (Å²) in [7, 11) is 0. The van der Waals surface area contributed by atoms with E-state index in [2.05, 4.69) is 216 Å². The Labute approximate surface area is 350 Å². The molecule has 13 rings (SSSR count). The Hall–Kier alpha value is -7.16. The fourth-order valence-electron chi connectivity index (χ4n) is 11.5. The zero-order valence-electron chi connectivity index (χ0n) is 32.9. The Morgan fingerprint density at radius 2 is 0.517 bits per heavy atom. The Morgan fingerprint density at radius 1 is 0.250 bits per heavy atom. The summed E-state index contributed by atoms with van der Waals surface area (Å²) in [6, 6.07) is 77.0. The minimum atomic E-state index is -0.0166. The summed E-state index contributed by atoms with van der Waals surface area (Å²) in [6.45, 7) is 0.242. The van der Waals surface area contributed by atoms with Crippen molar-refractivity contribution >= 4 is 136 Å². The van der Waals surface area contributed by atoms with Gasteiger partial charge in [0.2, 0.25) is 26.9 Å². The highest BCUT2D eigenvalue weighted by Gasteiger charge is 2.44. The van der Waals surface area contributed by atoms with Crippen molar-refractivity contribution in [1.29, 1.82) is 0 Å². The number of nitrogens with one attached hydrogen (secondary N) is 2. The molecule has 0 amide bonds. The molecule has 11 aromatic rings. The average Bonchev–Trinajstić information content (AvgIpc) is 3.89. The average molecular weight is 756 g/mol. The predicted molar refractivity (Wildman–Crippen MR) is 262 cm³/mol. The summed E-state index contributed by atoms with van der Waals surface area (Å²) in [6.07, 6.45) is 0. The fraction of sp³-hybridized carbons (Fsp3) is 0. The molecular weight excluding hydrogens is 720 g/mol. The smallest absolute Gasteiger partial charge is 0.243 e. The van der Waals surface area contributed by atoms with Gasteiger partial charge in [-0.2, -0.15) is 0 Å². The second-order valence-electron chi connectivity index (χ2n) is 16.7. The van der Waals surface area contributed by atoms with E-state index in [9.17, 15) is 0 Å². The SMILES string of the molecule is c1ccc(B2c3ccccc3B(c3c4[nH]c5ccccc5c4c(B4c5ccccc5B(c5ccccc5)c5ccccc54)c4[nH]c5ccccc5c34)c3ccccc32)cc1. The number of H-pyrrole nitrogens is 2. The van der Waals surface area contributed by atoms with Crippen molar-refractivity contribution in [3.63, 3.8) is 0 Å². The van der Waals surface area contributed by atoms with Crippen LogP contribution in [-0.2, 0) is 0 Å². The molecule has 2 aliphatic rings. The summed E-state index contributed by atoms with van der Waals surface area (Å²) in [5.41, 5.74) is 21.0. The number of para-hydroxylation sites is 2. The maximum absolute atomic E-state index is 4.14. The maximum Gasteiger partial charge on any atom is 0.243 e. The minimum Gasteiger partial charge on any atom is -0.355 e. The number of aromatic nitrogens is 2. The van der Waals surface area contributed by atoms with Crippen LogP contribution in [0, 0.1) is 0 Å². The van der Waals surface area contributed by atoms with E-state index in [4.69, 9.17) is 0 Å². The molecule has 0 fully saturated rings. The highest BCUT2D eigenvalue weighted by Crippen LogP contribution is 2.32. The number of hydrogen-bond donors (Lipinski definition) is 2. The van der Waals surface area contributed by atoms with E-state index < -0.39 is 0 Å². The van der Waals surface area contributed by atoms with Gasteiger partial charge in [0.15, 0.2) is 0 Å². The van der Waals surface area contributed by atoms with Crippen LogP contribution in [0.4, 0.5) is 0 Å². The minimum absolute atomic E-state index is 0.0166. The van der Waals surface area contributed by atoms with Gasteiger partial charge < -0.3 is 9.97 Å². The quantitative estimate of drug-likeness (QED) is 0.258. The third-order valence-corrected chi connectivity index (χ3v) is 13.8. The summed E-state index contributed by atoms with van der Waals surface area (Å²) < 4.78 is 0. The van der Waals surface area contributed by atoms with Crippen LogP contribution in [0.2, 0.25) is 0 Å². The molecular formula is C54H36B4N2. The van der Waals surface area contributed by atoms with Gasteiger partial charge in [-0.15, -0.1) is 0 Å². The van der Waals surface area contributed by atoms with Crippen LogP contribution in [0.5, 0.6) is 0 Å². The summed E-state index contributed by atoms with van der Waals surface area (Å²) >= 11 is 0. The van der Waals surface area contributed by atoms with Gasteiger partial charge in [-0.1, -0.05) is 249 Å². The van der Waals surface area contributed by atoms with E-state index in [1.807, 2.05) is 0 Å². The van der Waals surface area contributed by atoms with Crippen molar-refractivity contribution in [3.05, 3.63) is 206 Å². The van der Waals surface area contributed by atoms with Gasteiger partial charge in [-0.25, -0.2) is 0 Å². The zero-order valence-corrected chi connectivity index (χ0v) is 32.9. The van der Waals surface area contributed by atoms with E-state index in [-0.39, 0.29) is 26.9 Å². The van der Waals surface area contributed by atoms with Crippen LogP contribution in [0.25, 0.3) is 43.6 Å². The third-order valence-electron chi connectivity index (χ3n) is 13.8. The molecule has 0 bridgehead atoms. The molecule has 0 unspecified atom stereocenters. The second kappa shape index (κ2) is 13.2. The molecule has 9 aromatic carbocycles. The maximum atomic E-state index is 4.14. The van der Waals surface area contributed by atoms with Crippen molar-refractivity contribution in [2.24, 2.45) is 0 Å². The first-order valence-corrected chi connectivity index (χ1v) is 21.2. The fourth-order valence-corrected chi connectivity index (χ4v) is 11.5. The number of fused-ring (bicyclic) bond motifs is 10. The van der Waals surface area contributed by atoms with Crippen molar-refractivity contribution in [2.45, 2.75) is 0 Å². The summed E-state index contributed by atoms with van der Waals surface area (Å²) in [5.74, 6) is 0. The molecule has 0 atom stereocenters. The lowest BCUT2D eigenvalue weighted by Gasteiger charge is -2.34. The molecule has 2 N–H and O–H groups in total. The normalized spacial score (nSPS) is 13.2. The van der Waals surface area contributed by atoms with E-state index in [1.165, 1.54) is 98.1 Å². The van der Waals surface area contributed by atoms with Crippen LogP contribution in [0.15, 0.2) is 206 Å². The number of benzene rings is 9. The Balaban J connectivity index is 1.19. The van der Waals surface area contributed by atoms with Crippen LogP contribution in [0.1, 0.15) is 0 Å². The lowest BCUT2D eigenvalue weighted by Crippen LogP contribution is -2.75. The molecule has 0 aliphatic carbocycles. The second-order valence-corrected chi connectivity index (χ2v) is 16.7. The molecule has 2 nitrogen and oxygen atoms in total. The van der Waals surface area contributed by atoms with Gasteiger partial charge in [0, 0.05) is 43.6 Å². The molecule has 2 aromatic heterocycles. The Kier molecular flexibility index (Phi) is 7.42. The standard InChI is InChI=1S/C54H36B4N2/c1-3-19-35(20-4-1)55-39-25-9-13-29-43(39)57(44-30-14-10-26-40(44)55)51-49-37-23-7-17-33-47(37)60-54(49)52(50-38-24-8-18-34-48(38)59-53(50)51)58-45-31-15-11-27-41(45)56(36-21-5-2-6-22-36)42-28-12-16-32-46(42)58/h1-34,59-60H. The van der Waals surface area contributed by atoms with Gasteiger partial charge in [-0.05, 0) is 23.1 Å². The molecule has 60 heavy (non-hydrogen) atoms. The Bertz CT molecular complexity index is 3150. The van der Waals surface area contributed by atoms with Gasteiger partial charge in [-0.3, -0.25) is 0 Å². The van der Waals surface area contributed by atoms with Gasteiger partial charge in [0.25, 0.3) is 0 Å². The lowest BCUT2D eigenvalue weighted by molar-refractivity contribution is 1.55. The van der Waals surface area contributed by atoms with Crippen molar-refractivity contribution < 1.29 is 0 Å². The number of aromatic amines is 2. The van der Waals surface area contributed by atoms with Crippen molar-refractivity contribution in [3.8, 4) is 0 Å². The summed E-state index contributed by atoms with van der Waals surface area (Å²) in [4.78, 5) is 8.29. The zero-order chi connectivity index (χ0) is 39.3.